The molecule has 0 saturated carbocycles. The summed E-state index contributed by atoms with van der Waals surface area (Å²) in [6, 6.07) is 14.7. The van der Waals surface area contributed by atoms with Gasteiger partial charge in [-0.1, -0.05) is 19.1 Å². The lowest BCUT2D eigenvalue weighted by atomic mass is 10.1. The Balaban J connectivity index is 1.62. The Kier molecular flexibility index (Phi) is 6.20. The summed E-state index contributed by atoms with van der Waals surface area (Å²) >= 11 is 0. The van der Waals surface area contributed by atoms with Gasteiger partial charge in [0.25, 0.3) is 5.91 Å². The minimum Gasteiger partial charge on any atom is -0.462 e. The fraction of sp³-hybridized carbons (Fsp3) is 0.222. The fourth-order valence-electron chi connectivity index (χ4n) is 4.33. The van der Waals surface area contributed by atoms with Gasteiger partial charge in [-0.2, -0.15) is 5.10 Å². The highest BCUT2D eigenvalue weighted by molar-refractivity contribution is 6.10. The Hall–Kier alpha value is -4.53. The van der Waals surface area contributed by atoms with E-state index in [1.807, 2.05) is 50.2 Å². The normalized spacial score (nSPS) is 11.2. The number of nitrogens with one attached hydrogen (secondary N) is 1. The first-order valence-electron chi connectivity index (χ1n) is 11.8. The number of H-pyrrole nitrogens is 1. The predicted octanol–water partition coefficient (Wildman–Crippen LogP) is 4.50. The van der Waals surface area contributed by atoms with Gasteiger partial charge >= 0.3 is 5.97 Å². The van der Waals surface area contributed by atoms with E-state index in [-0.39, 0.29) is 19.1 Å². The van der Waals surface area contributed by atoms with E-state index in [0.717, 1.165) is 40.1 Å². The molecular weight excluding hydrogens is 456 g/mol. The molecule has 1 aromatic carbocycles. The van der Waals surface area contributed by atoms with Crippen LogP contribution in [0.1, 0.15) is 51.8 Å². The van der Waals surface area contributed by atoms with Crippen molar-refractivity contribution in [1.29, 1.82) is 0 Å². The summed E-state index contributed by atoms with van der Waals surface area (Å²) in [4.78, 5) is 37.0. The standard InChI is InChI=1S/C27H26N6O3/c1-4-20-25-21(31-30-20)10-7-11-22(25)33(16-19-9-6-8-17(3)29-19)26(34)23-15-28-24-14-18(12-13-32(23)24)27(35)36-5-2/h6-15H,4-5,16H2,1-3H3,(H,30,31). The van der Waals surface area contributed by atoms with E-state index < -0.39 is 5.97 Å². The second-order valence-corrected chi connectivity index (χ2v) is 8.40. The summed E-state index contributed by atoms with van der Waals surface area (Å²) < 4.78 is 6.77. The number of hydrogen-bond donors (Lipinski definition) is 1. The summed E-state index contributed by atoms with van der Waals surface area (Å²) in [7, 11) is 0. The third-order valence-electron chi connectivity index (χ3n) is 6.03. The molecule has 0 saturated heterocycles. The summed E-state index contributed by atoms with van der Waals surface area (Å²) in [5.74, 6) is -0.674. The number of aryl methyl sites for hydroxylation is 2. The van der Waals surface area contributed by atoms with Gasteiger partial charge in [0.05, 0.1) is 41.8 Å². The van der Waals surface area contributed by atoms with Crippen molar-refractivity contribution in [3.8, 4) is 0 Å². The smallest absolute Gasteiger partial charge is 0.338 e. The molecule has 0 radical (unpaired) electrons. The van der Waals surface area contributed by atoms with E-state index in [4.69, 9.17) is 4.74 Å². The molecule has 5 rings (SSSR count). The molecule has 0 aliphatic rings. The number of carbonyl (C=O) groups is 2. The van der Waals surface area contributed by atoms with Crippen LogP contribution >= 0.6 is 0 Å². The van der Waals surface area contributed by atoms with E-state index in [1.165, 1.54) is 6.20 Å². The lowest BCUT2D eigenvalue weighted by Crippen LogP contribution is -2.32. The zero-order valence-electron chi connectivity index (χ0n) is 20.4. The molecule has 0 aliphatic heterocycles. The molecule has 9 heteroatoms. The lowest BCUT2D eigenvalue weighted by Gasteiger charge is -2.24. The van der Waals surface area contributed by atoms with E-state index in [0.29, 0.717) is 16.9 Å². The van der Waals surface area contributed by atoms with Crippen LogP contribution in [0.2, 0.25) is 0 Å². The van der Waals surface area contributed by atoms with E-state index >= 15 is 0 Å². The Labute approximate surface area is 207 Å². The highest BCUT2D eigenvalue weighted by atomic mass is 16.5. The highest BCUT2D eigenvalue weighted by Gasteiger charge is 2.25. The zero-order valence-corrected chi connectivity index (χ0v) is 20.4. The fourth-order valence-corrected chi connectivity index (χ4v) is 4.33. The number of nitrogens with zero attached hydrogens (tertiary/aromatic N) is 5. The maximum Gasteiger partial charge on any atom is 0.338 e. The molecule has 0 atom stereocenters. The molecule has 36 heavy (non-hydrogen) atoms. The largest absolute Gasteiger partial charge is 0.462 e. The van der Waals surface area contributed by atoms with Crippen molar-refractivity contribution in [2.24, 2.45) is 0 Å². The number of esters is 1. The average Bonchev–Trinajstić information content (AvgIpc) is 3.51. The number of anilines is 1. The van der Waals surface area contributed by atoms with Gasteiger partial charge in [0.15, 0.2) is 0 Å². The maximum absolute atomic E-state index is 14.1. The van der Waals surface area contributed by atoms with Crippen LogP contribution in [-0.2, 0) is 17.7 Å². The third-order valence-corrected chi connectivity index (χ3v) is 6.03. The van der Waals surface area contributed by atoms with Crippen molar-refractivity contribution in [3.63, 3.8) is 0 Å². The molecule has 4 heterocycles. The van der Waals surface area contributed by atoms with Crippen molar-refractivity contribution in [2.75, 3.05) is 11.5 Å². The number of amides is 1. The second-order valence-electron chi connectivity index (χ2n) is 8.40. The topological polar surface area (TPSA) is 105 Å². The molecule has 5 aromatic rings. The molecule has 0 fully saturated rings. The molecule has 1 N–H and O–H groups in total. The first-order chi connectivity index (χ1) is 17.5. The SMILES string of the molecule is CCOC(=O)c1ccn2c(C(=O)N(Cc3cccc(C)n3)c3cccc4n[nH]c(CC)c34)cnc2c1. The molecule has 0 bridgehead atoms. The van der Waals surface area contributed by atoms with Crippen LogP contribution in [-0.4, -0.2) is 43.0 Å². The van der Waals surface area contributed by atoms with Gasteiger partial charge in [-0.05, 0) is 56.7 Å². The zero-order chi connectivity index (χ0) is 25.2. The van der Waals surface area contributed by atoms with Gasteiger partial charge in [0.2, 0.25) is 0 Å². The highest BCUT2D eigenvalue weighted by Crippen LogP contribution is 2.31. The Morgan fingerprint density at radius 3 is 2.72 bits per heavy atom. The van der Waals surface area contributed by atoms with Gasteiger partial charge < -0.3 is 9.64 Å². The molecule has 9 nitrogen and oxygen atoms in total. The average molecular weight is 483 g/mol. The molecule has 4 aromatic heterocycles. The van der Waals surface area contributed by atoms with Crippen LogP contribution in [0.3, 0.4) is 0 Å². The number of fused-ring (bicyclic) bond motifs is 2. The number of ether oxygens (including phenoxy) is 1. The van der Waals surface area contributed by atoms with Gasteiger partial charge in [0.1, 0.15) is 11.3 Å². The second kappa shape index (κ2) is 9.61. The molecule has 0 unspecified atom stereocenters. The number of hydrogen-bond acceptors (Lipinski definition) is 6. The van der Waals surface area contributed by atoms with Gasteiger partial charge in [-0.15, -0.1) is 0 Å². The summed E-state index contributed by atoms with van der Waals surface area (Å²) in [6.45, 7) is 6.27. The Bertz CT molecular complexity index is 1590. The molecule has 1 amide bonds. The van der Waals surface area contributed by atoms with Crippen LogP contribution in [0, 0.1) is 6.92 Å². The van der Waals surface area contributed by atoms with Crippen molar-refractivity contribution >= 4 is 34.1 Å². The lowest BCUT2D eigenvalue weighted by molar-refractivity contribution is 0.0526. The summed E-state index contributed by atoms with van der Waals surface area (Å²) in [5, 5.41) is 8.43. The van der Waals surface area contributed by atoms with Crippen molar-refractivity contribution in [3.05, 3.63) is 89.3 Å². The third kappa shape index (κ3) is 4.19. The number of pyridine rings is 2. The first-order valence-corrected chi connectivity index (χ1v) is 11.8. The molecular formula is C27H26N6O3. The van der Waals surface area contributed by atoms with Crippen LogP contribution in [0.4, 0.5) is 5.69 Å². The number of aromatic nitrogens is 5. The first kappa shape index (κ1) is 23.2. The number of carbonyl (C=O) groups excluding carboxylic acids is 2. The maximum atomic E-state index is 14.1. The molecule has 0 aliphatic carbocycles. The van der Waals surface area contributed by atoms with Crippen molar-refractivity contribution in [2.45, 2.75) is 33.7 Å². The van der Waals surface area contributed by atoms with Crippen LogP contribution in [0.5, 0.6) is 0 Å². The van der Waals surface area contributed by atoms with Crippen LogP contribution in [0.15, 0.2) is 60.9 Å². The number of imidazole rings is 1. The number of aromatic amines is 1. The van der Waals surface area contributed by atoms with Crippen molar-refractivity contribution < 1.29 is 14.3 Å². The Morgan fingerprint density at radius 2 is 1.94 bits per heavy atom. The minimum atomic E-state index is -0.429. The van der Waals surface area contributed by atoms with Gasteiger partial charge in [-0.3, -0.25) is 19.3 Å². The quantitative estimate of drug-likeness (QED) is 0.343. The van der Waals surface area contributed by atoms with E-state index in [2.05, 4.69) is 20.2 Å². The van der Waals surface area contributed by atoms with E-state index in [1.54, 1.807) is 34.6 Å². The van der Waals surface area contributed by atoms with Crippen molar-refractivity contribution in [1.82, 2.24) is 24.6 Å². The summed E-state index contributed by atoms with van der Waals surface area (Å²) in [6.07, 6.45) is 3.94. The predicted molar refractivity (Wildman–Crippen MR) is 136 cm³/mol. The Morgan fingerprint density at radius 1 is 1.11 bits per heavy atom. The summed E-state index contributed by atoms with van der Waals surface area (Å²) in [5.41, 5.74) is 5.34. The number of benzene rings is 1. The van der Waals surface area contributed by atoms with Crippen LogP contribution in [0.25, 0.3) is 16.6 Å². The monoisotopic (exact) mass is 482 g/mol. The van der Waals surface area contributed by atoms with Crippen LogP contribution < -0.4 is 4.90 Å². The molecule has 182 valence electrons. The van der Waals surface area contributed by atoms with Gasteiger partial charge in [-0.25, -0.2) is 9.78 Å². The molecule has 0 spiro atoms. The number of rotatable bonds is 7. The van der Waals surface area contributed by atoms with Gasteiger partial charge in [0, 0.05) is 23.0 Å². The minimum absolute atomic E-state index is 0.245. The van der Waals surface area contributed by atoms with E-state index in [9.17, 15) is 9.59 Å².